The average molecular weight is 472 g/mol. The van der Waals surface area contributed by atoms with Crippen molar-refractivity contribution in [2.24, 2.45) is 0 Å². The van der Waals surface area contributed by atoms with E-state index in [-0.39, 0.29) is 33.0 Å². The number of methoxy groups -OCH3 is 1. The molecule has 0 saturated heterocycles. The number of rotatable bonds is 5. The maximum Gasteiger partial charge on any atom is 0.286 e. The SMILES string of the molecule is COc1ncc(-n2c(SCc3c(F)cc(F)cc3F)nn3ncc(Cl)c3c2=O)cc1F. The first-order valence-electron chi connectivity index (χ1n) is 8.43. The summed E-state index contributed by atoms with van der Waals surface area (Å²) >= 11 is 6.76. The molecule has 3 heterocycles. The van der Waals surface area contributed by atoms with Crippen molar-refractivity contribution in [2.75, 3.05) is 7.11 Å². The Morgan fingerprint density at radius 1 is 1.10 bits per heavy atom. The maximum absolute atomic E-state index is 14.2. The zero-order chi connectivity index (χ0) is 22.3. The minimum absolute atomic E-state index is 0.000339. The number of hydrogen-bond donors (Lipinski definition) is 0. The van der Waals surface area contributed by atoms with Crippen molar-refractivity contribution in [3.8, 4) is 11.6 Å². The maximum atomic E-state index is 14.2. The molecule has 0 amide bonds. The van der Waals surface area contributed by atoms with E-state index in [9.17, 15) is 22.4 Å². The number of hydrogen-bond acceptors (Lipinski definition) is 6. The zero-order valence-electron chi connectivity index (χ0n) is 15.4. The van der Waals surface area contributed by atoms with E-state index in [1.807, 2.05) is 0 Å². The van der Waals surface area contributed by atoms with Gasteiger partial charge in [0, 0.05) is 29.5 Å². The highest BCUT2D eigenvalue weighted by atomic mass is 35.5. The van der Waals surface area contributed by atoms with Gasteiger partial charge in [-0.05, 0) is 0 Å². The van der Waals surface area contributed by atoms with Gasteiger partial charge in [-0.15, -0.1) is 9.73 Å². The molecule has 0 spiro atoms. The molecule has 160 valence electrons. The van der Waals surface area contributed by atoms with Gasteiger partial charge in [0.15, 0.2) is 16.5 Å². The summed E-state index contributed by atoms with van der Waals surface area (Å²) in [5, 5.41) is 7.91. The average Bonchev–Trinajstić information content (AvgIpc) is 3.08. The molecule has 4 aromatic rings. The fourth-order valence-electron chi connectivity index (χ4n) is 2.76. The van der Waals surface area contributed by atoms with Crippen LogP contribution in [0.1, 0.15) is 5.56 Å². The summed E-state index contributed by atoms with van der Waals surface area (Å²) in [7, 11) is 1.23. The lowest BCUT2D eigenvalue weighted by Crippen LogP contribution is -2.25. The van der Waals surface area contributed by atoms with Crippen molar-refractivity contribution in [2.45, 2.75) is 10.9 Å². The van der Waals surface area contributed by atoms with Crippen LogP contribution in [0.3, 0.4) is 0 Å². The van der Waals surface area contributed by atoms with Gasteiger partial charge in [-0.1, -0.05) is 23.4 Å². The molecule has 0 aliphatic rings. The molecule has 0 atom stereocenters. The number of fused-ring (bicyclic) bond motifs is 1. The summed E-state index contributed by atoms with van der Waals surface area (Å²) in [5.41, 5.74) is -1.27. The van der Waals surface area contributed by atoms with Gasteiger partial charge in [-0.3, -0.25) is 9.36 Å². The Balaban J connectivity index is 1.86. The first-order chi connectivity index (χ1) is 14.8. The van der Waals surface area contributed by atoms with Crippen molar-refractivity contribution in [3.63, 3.8) is 0 Å². The molecule has 13 heteroatoms. The fourth-order valence-corrected chi connectivity index (χ4v) is 3.96. The van der Waals surface area contributed by atoms with Crippen LogP contribution in [0.5, 0.6) is 5.88 Å². The highest BCUT2D eigenvalue weighted by molar-refractivity contribution is 7.98. The largest absolute Gasteiger partial charge is 0.479 e. The first-order valence-corrected chi connectivity index (χ1v) is 9.79. The third-order valence-electron chi connectivity index (χ3n) is 4.18. The molecular weight excluding hydrogens is 462 g/mol. The zero-order valence-corrected chi connectivity index (χ0v) is 17.0. The second kappa shape index (κ2) is 8.19. The van der Waals surface area contributed by atoms with E-state index in [0.717, 1.165) is 33.2 Å². The smallest absolute Gasteiger partial charge is 0.286 e. The topological polar surface area (TPSA) is 74.3 Å². The van der Waals surface area contributed by atoms with Crippen molar-refractivity contribution in [1.29, 1.82) is 0 Å². The van der Waals surface area contributed by atoms with Crippen LogP contribution in [0.25, 0.3) is 11.2 Å². The molecule has 0 radical (unpaired) electrons. The van der Waals surface area contributed by atoms with Gasteiger partial charge in [-0.2, -0.15) is 5.10 Å². The Labute approximate surface area is 180 Å². The summed E-state index contributed by atoms with van der Waals surface area (Å²) in [6.07, 6.45) is 2.35. The number of benzene rings is 1. The molecule has 7 nitrogen and oxygen atoms in total. The van der Waals surface area contributed by atoms with Gasteiger partial charge in [0.1, 0.15) is 17.5 Å². The number of thioether (sulfide) groups is 1. The minimum Gasteiger partial charge on any atom is -0.479 e. The van der Waals surface area contributed by atoms with Crippen LogP contribution in [0.15, 0.2) is 40.5 Å². The standard InChI is InChI=1S/C18H10ClF4N5O2S/c1-30-16-14(23)4-9(5-24-16)27-17(29)15-11(19)6-25-28(15)26-18(27)31-7-10-12(21)2-8(20)3-13(10)22/h2-6H,7H2,1H3. The molecule has 31 heavy (non-hydrogen) atoms. The van der Waals surface area contributed by atoms with E-state index in [1.165, 1.54) is 13.3 Å². The highest BCUT2D eigenvalue weighted by Gasteiger charge is 2.20. The number of nitrogens with zero attached hydrogens (tertiary/aromatic N) is 5. The monoisotopic (exact) mass is 471 g/mol. The van der Waals surface area contributed by atoms with E-state index in [4.69, 9.17) is 16.3 Å². The van der Waals surface area contributed by atoms with Crippen LogP contribution < -0.4 is 10.3 Å². The molecule has 0 bridgehead atoms. The van der Waals surface area contributed by atoms with E-state index in [2.05, 4.69) is 15.2 Å². The fraction of sp³-hybridized carbons (Fsp3) is 0.111. The molecule has 0 unspecified atom stereocenters. The van der Waals surface area contributed by atoms with Gasteiger partial charge in [0.25, 0.3) is 5.56 Å². The highest BCUT2D eigenvalue weighted by Crippen LogP contribution is 2.27. The van der Waals surface area contributed by atoms with E-state index >= 15 is 0 Å². The number of halogens is 5. The lowest BCUT2D eigenvalue weighted by molar-refractivity contribution is 0.368. The van der Waals surface area contributed by atoms with Crippen LogP contribution >= 0.6 is 23.4 Å². The van der Waals surface area contributed by atoms with Crippen LogP contribution in [-0.4, -0.2) is 31.5 Å². The Morgan fingerprint density at radius 3 is 2.45 bits per heavy atom. The summed E-state index contributed by atoms with van der Waals surface area (Å²) in [6, 6.07) is 2.07. The number of pyridine rings is 1. The Morgan fingerprint density at radius 2 is 1.81 bits per heavy atom. The quantitative estimate of drug-likeness (QED) is 0.326. The van der Waals surface area contributed by atoms with Crippen molar-refractivity contribution < 1.29 is 22.3 Å². The lowest BCUT2D eigenvalue weighted by Gasteiger charge is -2.13. The number of aromatic nitrogens is 5. The van der Waals surface area contributed by atoms with Crippen LogP contribution in [0, 0.1) is 23.3 Å². The van der Waals surface area contributed by atoms with Crippen LogP contribution in [-0.2, 0) is 5.75 Å². The van der Waals surface area contributed by atoms with E-state index in [1.54, 1.807) is 0 Å². The number of ether oxygens (including phenoxy) is 1. The third kappa shape index (κ3) is 3.83. The molecule has 0 N–H and O–H groups in total. The summed E-state index contributed by atoms with van der Waals surface area (Å²) in [5.74, 6) is -4.75. The van der Waals surface area contributed by atoms with Gasteiger partial charge in [0.2, 0.25) is 5.88 Å². The summed E-state index contributed by atoms with van der Waals surface area (Å²) in [4.78, 5) is 16.9. The lowest BCUT2D eigenvalue weighted by atomic mass is 10.2. The Kier molecular flexibility index (Phi) is 5.58. The van der Waals surface area contributed by atoms with Gasteiger partial charge in [0.05, 0.1) is 30.2 Å². The predicted molar refractivity (Wildman–Crippen MR) is 104 cm³/mol. The molecular formula is C18H10ClF4N5O2S. The molecule has 0 saturated carbocycles. The van der Waals surface area contributed by atoms with Gasteiger partial charge >= 0.3 is 0 Å². The molecule has 0 fully saturated rings. The molecule has 3 aromatic heterocycles. The third-order valence-corrected chi connectivity index (χ3v) is 5.41. The van der Waals surface area contributed by atoms with Crippen LogP contribution in [0.4, 0.5) is 17.6 Å². The van der Waals surface area contributed by atoms with Crippen LogP contribution in [0.2, 0.25) is 5.02 Å². The predicted octanol–water partition coefficient (Wildman–Crippen LogP) is 3.79. The Bertz CT molecular complexity index is 1350. The summed E-state index contributed by atoms with van der Waals surface area (Å²) in [6.45, 7) is 0. The normalized spacial score (nSPS) is 11.3. The van der Waals surface area contributed by atoms with Gasteiger partial charge in [-0.25, -0.2) is 22.5 Å². The molecule has 4 rings (SSSR count). The van der Waals surface area contributed by atoms with E-state index in [0.29, 0.717) is 12.1 Å². The molecule has 0 aliphatic heterocycles. The van der Waals surface area contributed by atoms with Crippen molar-refractivity contribution >= 4 is 28.9 Å². The second-order valence-electron chi connectivity index (χ2n) is 6.07. The van der Waals surface area contributed by atoms with Crippen molar-refractivity contribution in [3.05, 3.63) is 74.8 Å². The first kappa shape index (κ1) is 21.1. The van der Waals surface area contributed by atoms with Crippen molar-refractivity contribution in [1.82, 2.24) is 24.4 Å². The molecule has 1 aromatic carbocycles. The van der Waals surface area contributed by atoms with Gasteiger partial charge < -0.3 is 4.74 Å². The van der Waals surface area contributed by atoms with E-state index < -0.39 is 34.4 Å². The summed E-state index contributed by atoms with van der Waals surface area (Å²) < 4.78 is 62.1. The molecule has 0 aliphatic carbocycles. The second-order valence-corrected chi connectivity index (χ2v) is 7.42. The minimum atomic E-state index is -1.10. The Hall–Kier alpha value is -3.12.